The first-order valence-corrected chi connectivity index (χ1v) is 9.23. The average Bonchev–Trinajstić information content (AvgIpc) is 3.08. The fourth-order valence-electron chi connectivity index (χ4n) is 3.04. The van der Waals surface area contributed by atoms with E-state index in [-0.39, 0.29) is 11.9 Å². The molecule has 0 unspecified atom stereocenters. The summed E-state index contributed by atoms with van der Waals surface area (Å²) in [4.78, 5) is 14.3. The minimum absolute atomic E-state index is 0.0311. The minimum atomic E-state index is -0.177. The molecule has 0 bridgehead atoms. The molecule has 1 amide bonds. The maximum Gasteiger partial charge on any atom is 0.234 e. The van der Waals surface area contributed by atoms with Crippen LogP contribution in [-0.2, 0) is 11.3 Å². The molecular formula is C22H26N2O3. The van der Waals surface area contributed by atoms with Crippen molar-refractivity contribution in [2.75, 3.05) is 20.2 Å². The molecule has 1 aromatic heterocycles. The number of para-hydroxylation sites is 1. The molecule has 2 aromatic carbocycles. The van der Waals surface area contributed by atoms with Crippen LogP contribution in [-0.4, -0.2) is 31.0 Å². The van der Waals surface area contributed by atoms with E-state index in [0.29, 0.717) is 19.7 Å². The predicted octanol–water partition coefficient (Wildman–Crippen LogP) is 4.14. The van der Waals surface area contributed by atoms with Gasteiger partial charge >= 0.3 is 0 Å². The number of carbonyl (C=O) groups excluding carboxylic acids is 1. The van der Waals surface area contributed by atoms with Gasteiger partial charge in [-0.3, -0.25) is 9.69 Å². The number of benzene rings is 2. The third-order valence-electron chi connectivity index (χ3n) is 4.35. The van der Waals surface area contributed by atoms with Crippen LogP contribution in [0.3, 0.4) is 0 Å². The summed E-state index contributed by atoms with van der Waals surface area (Å²) in [6, 6.07) is 17.6. The van der Waals surface area contributed by atoms with Crippen molar-refractivity contribution < 1.29 is 13.9 Å². The molecule has 27 heavy (non-hydrogen) atoms. The summed E-state index contributed by atoms with van der Waals surface area (Å²) in [6.07, 6.45) is 0. The zero-order valence-electron chi connectivity index (χ0n) is 16.1. The number of rotatable bonds is 8. The van der Waals surface area contributed by atoms with Gasteiger partial charge in [0.25, 0.3) is 0 Å². The molecule has 142 valence electrons. The molecular weight excluding hydrogens is 340 g/mol. The standard InChI is InChI=1S/C22H26N2O3/c1-4-26-19-11-9-17(10-12-19)14-24(3)15-22(25)23-16(2)21-13-18-7-5-6-8-20(18)27-21/h5-13,16H,4,14-15H2,1-3H3,(H,23,25)/t16-/m1/s1. The number of furan rings is 1. The predicted molar refractivity (Wildman–Crippen MR) is 107 cm³/mol. The highest BCUT2D eigenvalue weighted by molar-refractivity contribution is 5.80. The number of nitrogens with zero attached hydrogens (tertiary/aromatic N) is 1. The first-order valence-electron chi connectivity index (χ1n) is 9.23. The fraction of sp³-hybridized carbons (Fsp3) is 0.318. The molecule has 0 saturated carbocycles. The molecule has 0 spiro atoms. The number of ether oxygens (including phenoxy) is 1. The molecule has 0 fully saturated rings. The van der Waals surface area contributed by atoms with Crippen LogP contribution >= 0.6 is 0 Å². The normalized spacial score (nSPS) is 12.3. The smallest absolute Gasteiger partial charge is 0.234 e. The van der Waals surface area contributed by atoms with Crippen LogP contribution in [0, 0.1) is 0 Å². The van der Waals surface area contributed by atoms with Crippen molar-refractivity contribution in [3.05, 3.63) is 65.9 Å². The Labute approximate surface area is 159 Å². The van der Waals surface area contributed by atoms with Crippen LogP contribution in [0.25, 0.3) is 11.0 Å². The lowest BCUT2D eigenvalue weighted by atomic mass is 10.2. The Hall–Kier alpha value is -2.79. The third kappa shape index (κ3) is 5.11. The van der Waals surface area contributed by atoms with Gasteiger partial charge in [0, 0.05) is 11.9 Å². The first-order chi connectivity index (χ1) is 13.0. The maximum absolute atomic E-state index is 12.4. The molecule has 0 radical (unpaired) electrons. The highest BCUT2D eigenvalue weighted by Crippen LogP contribution is 2.23. The summed E-state index contributed by atoms with van der Waals surface area (Å²) in [6.45, 7) is 5.56. The summed E-state index contributed by atoms with van der Waals surface area (Å²) in [5.41, 5.74) is 1.97. The van der Waals surface area contributed by atoms with Gasteiger partial charge in [0.05, 0.1) is 19.2 Å². The zero-order valence-corrected chi connectivity index (χ0v) is 16.1. The molecule has 5 nitrogen and oxygen atoms in total. The highest BCUT2D eigenvalue weighted by atomic mass is 16.5. The highest BCUT2D eigenvalue weighted by Gasteiger charge is 2.15. The summed E-state index contributed by atoms with van der Waals surface area (Å²) < 4.78 is 11.3. The molecule has 1 heterocycles. The van der Waals surface area contributed by atoms with Crippen molar-refractivity contribution in [1.29, 1.82) is 0 Å². The molecule has 3 aromatic rings. The summed E-state index contributed by atoms with van der Waals surface area (Å²) in [7, 11) is 1.93. The van der Waals surface area contributed by atoms with Gasteiger partial charge in [0.1, 0.15) is 17.1 Å². The Bertz CT molecular complexity index is 853. The summed E-state index contributed by atoms with van der Waals surface area (Å²) >= 11 is 0. The number of amides is 1. The van der Waals surface area contributed by atoms with E-state index in [9.17, 15) is 4.79 Å². The Morgan fingerprint density at radius 3 is 2.63 bits per heavy atom. The summed E-state index contributed by atoms with van der Waals surface area (Å²) in [5, 5.41) is 4.05. The first kappa shape index (κ1) is 19.0. The van der Waals surface area contributed by atoms with E-state index in [1.54, 1.807) is 0 Å². The van der Waals surface area contributed by atoms with Crippen molar-refractivity contribution in [3.8, 4) is 5.75 Å². The Morgan fingerprint density at radius 1 is 1.19 bits per heavy atom. The van der Waals surface area contributed by atoms with Crippen LogP contribution in [0.2, 0.25) is 0 Å². The molecule has 0 aliphatic rings. The molecule has 5 heteroatoms. The lowest BCUT2D eigenvalue weighted by Crippen LogP contribution is -2.36. The number of hydrogen-bond acceptors (Lipinski definition) is 4. The van der Waals surface area contributed by atoms with Crippen molar-refractivity contribution in [2.24, 2.45) is 0 Å². The number of likely N-dealkylation sites (N-methyl/N-ethyl adjacent to an activating group) is 1. The topological polar surface area (TPSA) is 54.7 Å². The SMILES string of the molecule is CCOc1ccc(CN(C)CC(=O)N[C@H](C)c2cc3ccccc3o2)cc1. The van der Waals surface area contributed by atoms with E-state index >= 15 is 0 Å². The molecule has 0 saturated heterocycles. The average molecular weight is 366 g/mol. The van der Waals surface area contributed by atoms with Crippen molar-refractivity contribution >= 4 is 16.9 Å². The van der Waals surface area contributed by atoms with Crippen LogP contribution < -0.4 is 10.1 Å². The van der Waals surface area contributed by atoms with Crippen LogP contribution in [0.5, 0.6) is 5.75 Å². The zero-order chi connectivity index (χ0) is 19.2. The lowest BCUT2D eigenvalue weighted by Gasteiger charge is -2.18. The Morgan fingerprint density at radius 2 is 1.93 bits per heavy atom. The maximum atomic E-state index is 12.4. The number of carbonyl (C=O) groups is 1. The van der Waals surface area contributed by atoms with Crippen molar-refractivity contribution in [3.63, 3.8) is 0 Å². The van der Waals surface area contributed by atoms with Gasteiger partial charge in [0.2, 0.25) is 5.91 Å². The Kier molecular flexibility index (Phi) is 6.14. The quantitative estimate of drug-likeness (QED) is 0.651. The largest absolute Gasteiger partial charge is 0.494 e. The molecule has 1 atom stereocenters. The second-order valence-corrected chi connectivity index (χ2v) is 6.73. The van der Waals surface area contributed by atoms with Crippen LogP contribution in [0.15, 0.2) is 59.0 Å². The van der Waals surface area contributed by atoms with Gasteiger partial charge in [-0.05, 0) is 50.7 Å². The third-order valence-corrected chi connectivity index (χ3v) is 4.35. The molecule has 0 aliphatic carbocycles. The van der Waals surface area contributed by atoms with Crippen LogP contribution in [0.4, 0.5) is 0 Å². The van der Waals surface area contributed by atoms with Crippen molar-refractivity contribution in [2.45, 2.75) is 26.4 Å². The van der Waals surface area contributed by atoms with Crippen molar-refractivity contribution in [1.82, 2.24) is 10.2 Å². The van der Waals surface area contributed by atoms with E-state index in [2.05, 4.69) is 5.32 Å². The van der Waals surface area contributed by atoms with E-state index in [1.807, 2.05) is 80.4 Å². The fourth-order valence-corrected chi connectivity index (χ4v) is 3.04. The van der Waals surface area contributed by atoms with Crippen LogP contribution in [0.1, 0.15) is 31.2 Å². The van der Waals surface area contributed by atoms with E-state index in [0.717, 1.165) is 28.0 Å². The number of fused-ring (bicyclic) bond motifs is 1. The number of hydrogen-bond donors (Lipinski definition) is 1. The molecule has 1 N–H and O–H groups in total. The van der Waals surface area contributed by atoms with E-state index in [1.165, 1.54) is 0 Å². The van der Waals surface area contributed by atoms with Gasteiger partial charge in [0.15, 0.2) is 0 Å². The number of nitrogens with one attached hydrogen (secondary N) is 1. The second kappa shape index (κ2) is 8.73. The summed E-state index contributed by atoms with van der Waals surface area (Å²) in [5.74, 6) is 1.59. The second-order valence-electron chi connectivity index (χ2n) is 6.73. The molecule has 3 rings (SSSR count). The van der Waals surface area contributed by atoms with Gasteiger partial charge < -0.3 is 14.5 Å². The van der Waals surface area contributed by atoms with E-state index in [4.69, 9.17) is 9.15 Å². The van der Waals surface area contributed by atoms with Gasteiger partial charge in [-0.25, -0.2) is 0 Å². The van der Waals surface area contributed by atoms with Gasteiger partial charge in [-0.1, -0.05) is 30.3 Å². The lowest BCUT2D eigenvalue weighted by molar-refractivity contribution is -0.122. The molecule has 0 aliphatic heterocycles. The Balaban J connectivity index is 1.51. The van der Waals surface area contributed by atoms with Gasteiger partial charge in [-0.2, -0.15) is 0 Å². The monoisotopic (exact) mass is 366 g/mol. The van der Waals surface area contributed by atoms with E-state index < -0.39 is 0 Å². The minimum Gasteiger partial charge on any atom is -0.494 e. The van der Waals surface area contributed by atoms with Gasteiger partial charge in [-0.15, -0.1) is 0 Å².